The second kappa shape index (κ2) is 3.60. The number of nitrogens with zero attached hydrogens (tertiary/aromatic N) is 1. The normalized spacial score (nSPS) is 18.7. The molecule has 1 aromatic rings. The number of thioether (sulfide) groups is 1. The lowest BCUT2D eigenvalue weighted by Crippen LogP contribution is -2.09. The highest BCUT2D eigenvalue weighted by Crippen LogP contribution is 2.31. The zero-order valence-electron chi connectivity index (χ0n) is 6.83. The van der Waals surface area contributed by atoms with Crippen molar-refractivity contribution in [3.05, 3.63) is 28.8 Å². The van der Waals surface area contributed by atoms with E-state index >= 15 is 0 Å². The summed E-state index contributed by atoms with van der Waals surface area (Å²) in [5, 5.41) is 12.7. The zero-order valence-corrected chi connectivity index (χ0v) is 8.40. The van der Waals surface area contributed by atoms with E-state index in [0.29, 0.717) is 5.02 Å². The molecule has 1 aromatic carbocycles. The molecule has 4 heteroatoms. The van der Waals surface area contributed by atoms with E-state index in [2.05, 4.69) is 5.16 Å². The van der Waals surface area contributed by atoms with Crippen LogP contribution in [-0.4, -0.2) is 16.7 Å². The fourth-order valence-corrected chi connectivity index (χ4v) is 2.53. The summed E-state index contributed by atoms with van der Waals surface area (Å²) in [6.45, 7) is 0. The van der Waals surface area contributed by atoms with E-state index in [0.717, 1.165) is 28.3 Å². The molecule has 1 heterocycles. The Bertz CT molecular complexity index is 365. The van der Waals surface area contributed by atoms with Crippen LogP contribution in [0.1, 0.15) is 12.0 Å². The quantitative estimate of drug-likeness (QED) is 0.531. The molecule has 1 aliphatic heterocycles. The van der Waals surface area contributed by atoms with Crippen LogP contribution >= 0.6 is 23.4 Å². The van der Waals surface area contributed by atoms with Gasteiger partial charge in [0, 0.05) is 27.7 Å². The van der Waals surface area contributed by atoms with Crippen molar-refractivity contribution < 1.29 is 5.21 Å². The van der Waals surface area contributed by atoms with Gasteiger partial charge < -0.3 is 5.21 Å². The van der Waals surface area contributed by atoms with Crippen LogP contribution in [0.2, 0.25) is 5.02 Å². The molecule has 0 aromatic heterocycles. The minimum absolute atomic E-state index is 0.683. The van der Waals surface area contributed by atoms with Crippen molar-refractivity contribution in [3.8, 4) is 0 Å². The molecule has 68 valence electrons. The van der Waals surface area contributed by atoms with Crippen LogP contribution < -0.4 is 0 Å². The van der Waals surface area contributed by atoms with Gasteiger partial charge in [0.15, 0.2) is 0 Å². The number of fused-ring (bicyclic) bond motifs is 1. The Morgan fingerprint density at radius 1 is 1.46 bits per heavy atom. The Hall–Kier alpha value is -0.670. The maximum atomic E-state index is 8.76. The van der Waals surface area contributed by atoms with Gasteiger partial charge in [0.1, 0.15) is 0 Å². The SMILES string of the molecule is O/N=C1\CCSc2ccc(Cl)cc21. The van der Waals surface area contributed by atoms with E-state index in [1.807, 2.05) is 18.2 Å². The van der Waals surface area contributed by atoms with E-state index in [1.165, 1.54) is 0 Å². The summed E-state index contributed by atoms with van der Waals surface area (Å²) in [6.07, 6.45) is 0.800. The van der Waals surface area contributed by atoms with Gasteiger partial charge in [-0.3, -0.25) is 0 Å². The maximum Gasteiger partial charge on any atom is 0.0887 e. The Kier molecular flexibility index (Phi) is 2.47. The van der Waals surface area contributed by atoms with Gasteiger partial charge in [0.05, 0.1) is 5.71 Å². The third-order valence-corrected chi connectivity index (χ3v) is 3.28. The first-order valence-corrected chi connectivity index (χ1v) is 5.31. The fourth-order valence-electron chi connectivity index (χ4n) is 1.35. The Morgan fingerprint density at radius 3 is 3.08 bits per heavy atom. The Labute approximate surface area is 85.6 Å². The summed E-state index contributed by atoms with van der Waals surface area (Å²) in [6, 6.07) is 5.67. The summed E-state index contributed by atoms with van der Waals surface area (Å²) in [5.74, 6) is 0.966. The van der Waals surface area contributed by atoms with Crippen molar-refractivity contribution in [2.75, 3.05) is 5.75 Å². The van der Waals surface area contributed by atoms with Crippen LogP contribution in [0.3, 0.4) is 0 Å². The molecular weight excluding hydrogens is 206 g/mol. The number of rotatable bonds is 0. The predicted octanol–water partition coefficient (Wildman–Crippen LogP) is 3.01. The average Bonchev–Trinajstić information content (AvgIpc) is 2.17. The standard InChI is InChI=1S/C9H8ClNOS/c10-6-1-2-9-7(5-6)8(11-12)3-4-13-9/h1-2,5,12H,3-4H2/b11-8+. The van der Waals surface area contributed by atoms with Gasteiger partial charge in [-0.05, 0) is 18.2 Å². The predicted molar refractivity (Wildman–Crippen MR) is 55.1 cm³/mol. The van der Waals surface area contributed by atoms with Crippen molar-refractivity contribution >= 4 is 29.1 Å². The highest BCUT2D eigenvalue weighted by molar-refractivity contribution is 7.99. The third-order valence-electron chi connectivity index (χ3n) is 1.97. The second-order valence-corrected chi connectivity index (χ2v) is 4.36. The molecule has 1 aliphatic rings. The molecule has 0 aliphatic carbocycles. The number of halogens is 1. The summed E-state index contributed by atoms with van der Waals surface area (Å²) in [7, 11) is 0. The summed E-state index contributed by atoms with van der Waals surface area (Å²) in [4.78, 5) is 1.14. The minimum Gasteiger partial charge on any atom is -0.411 e. The van der Waals surface area contributed by atoms with E-state index < -0.39 is 0 Å². The lowest BCUT2D eigenvalue weighted by atomic mass is 10.1. The van der Waals surface area contributed by atoms with Crippen LogP contribution in [0.5, 0.6) is 0 Å². The van der Waals surface area contributed by atoms with Gasteiger partial charge >= 0.3 is 0 Å². The van der Waals surface area contributed by atoms with Gasteiger partial charge in [-0.1, -0.05) is 16.8 Å². The molecule has 0 fully saturated rings. The molecular formula is C9H8ClNOS. The van der Waals surface area contributed by atoms with Crippen LogP contribution in [0, 0.1) is 0 Å². The highest BCUT2D eigenvalue weighted by atomic mass is 35.5. The Balaban J connectivity index is 2.54. The number of oxime groups is 1. The largest absolute Gasteiger partial charge is 0.411 e. The molecule has 13 heavy (non-hydrogen) atoms. The molecule has 0 spiro atoms. The van der Waals surface area contributed by atoms with Crippen molar-refractivity contribution in [2.24, 2.45) is 5.16 Å². The van der Waals surface area contributed by atoms with Crippen LogP contribution in [0.4, 0.5) is 0 Å². The third kappa shape index (κ3) is 1.67. The monoisotopic (exact) mass is 213 g/mol. The molecule has 0 unspecified atom stereocenters. The molecule has 0 radical (unpaired) electrons. The van der Waals surface area contributed by atoms with Crippen LogP contribution in [0.15, 0.2) is 28.3 Å². The molecule has 0 amide bonds. The van der Waals surface area contributed by atoms with E-state index in [4.69, 9.17) is 16.8 Å². The molecule has 0 bridgehead atoms. The molecule has 2 nitrogen and oxygen atoms in total. The van der Waals surface area contributed by atoms with Crippen LogP contribution in [0.25, 0.3) is 0 Å². The first-order chi connectivity index (χ1) is 6.31. The minimum atomic E-state index is 0.683. The van der Waals surface area contributed by atoms with E-state index in [1.54, 1.807) is 11.8 Å². The number of hydrogen-bond donors (Lipinski definition) is 1. The van der Waals surface area contributed by atoms with Gasteiger partial charge in [0.2, 0.25) is 0 Å². The van der Waals surface area contributed by atoms with Crippen LogP contribution in [-0.2, 0) is 0 Å². The second-order valence-electron chi connectivity index (χ2n) is 2.79. The van der Waals surface area contributed by atoms with Crippen molar-refractivity contribution in [1.82, 2.24) is 0 Å². The Morgan fingerprint density at radius 2 is 2.31 bits per heavy atom. The molecule has 0 atom stereocenters. The molecule has 1 N–H and O–H groups in total. The molecule has 2 rings (SSSR count). The number of hydrogen-bond acceptors (Lipinski definition) is 3. The van der Waals surface area contributed by atoms with Crippen molar-refractivity contribution in [3.63, 3.8) is 0 Å². The lowest BCUT2D eigenvalue weighted by Gasteiger charge is -2.15. The first-order valence-electron chi connectivity index (χ1n) is 3.95. The first kappa shape index (κ1) is 8.91. The van der Waals surface area contributed by atoms with Gasteiger partial charge in [-0.2, -0.15) is 0 Å². The fraction of sp³-hybridized carbons (Fsp3) is 0.222. The lowest BCUT2D eigenvalue weighted by molar-refractivity contribution is 0.318. The topological polar surface area (TPSA) is 32.6 Å². The summed E-state index contributed by atoms with van der Waals surface area (Å²) in [5.41, 5.74) is 1.70. The van der Waals surface area contributed by atoms with E-state index in [9.17, 15) is 0 Å². The van der Waals surface area contributed by atoms with Gasteiger partial charge in [-0.15, -0.1) is 11.8 Å². The molecule has 0 saturated heterocycles. The summed E-state index contributed by atoms with van der Waals surface area (Å²) < 4.78 is 0. The van der Waals surface area contributed by atoms with Gasteiger partial charge in [0.25, 0.3) is 0 Å². The summed E-state index contributed by atoms with van der Waals surface area (Å²) >= 11 is 7.62. The molecule has 0 saturated carbocycles. The van der Waals surface area contributed by atoms with Crippen molar-refractivity contribution in [2.45, 2.75) is 11.3 Å². The average molecular weight is 214 g/mol. The van der Waals surface area contributed by atoms with E-state index in [-0.39, 0.29) is 0 Å². The van der Waals surface area contributed by atoms with Gasteiger partial charge in [-0.25, -0.2) is 0 Å². The number of benzene rings is 1. The van der Waals surface area contributed by atoms with Crippen molar-refractivity contribution in [1.29, 1.82) is 0 Å². The maximum absolute atomic E-state index is 8.76. The smallest absolute Gasteiger partial charge is 0.0887 e. The zero-order chi connectivity index (χ0) is 9.26. The highest BCUT2D eigenvalue weighted by Gasteiger charge is 2.16.